The molecule has 3 rings (SSSR count). The number of anilines is 2. The van der Waals surface area contributed by atoms with Gasteiger partial charge in [0.15, 0.2) is 6.61 Å². The Hall–Kier alpha value is -3.76. The monoisotopic (exact) mass is 518 g/mol. The molecule has 0 spiro atoms. The number of carbonyl (C=O) groups is 2. The normalized spacial score (nSPS) is 10.8. The molecule has 3 aromatic rings. The molecule has 3 aromatic carbocycles. The number of rotatable bonds is 10. The van der Waals surface area contributed by atoms with E-state index in [-0.39, 0.29) is 26.9 Å². The summed E-state index contributed by atoms with van der Waals surface area (Å²) < 4.78 is 43.4. The lowest BCUT2D eigenvalue weighted by Crippen LogP contribution is -2.22. The van der Waals surface area contributed by atoms with Crippen molar-refractivity contribution < 1.29 is 32.2 Å². The van der Waals surface area contributed by atoms with E-state index in [1.54, 1.807) is 42.5 Å². The zero-order valence-electron chi connectivity index (χ0n) is 18.9. The van der Waals surface area contributed by atoms with Crippen LogP contribution in [0.15, 0.2) is 71.6 Å². The average molecular weight is 519 g/mol. The number of carbonyl (C=O) groups excluding carboxylic acids is 2. The first kappa shape index (κ1) is 25.9. The van der Waals surface area contributed by atoms with Crippen molar-refractivity contribution in [1.82, 2.24) is 0 Å². The highest BCUT2D eigenvalue weighted by Crippen LogP contribution is 2.29. The summed E-state index contributed by atoms with van der Waals surface area (Å²) >= 11 is 6.20. The van der Waals surface area contributed by atoms with Gasteiger partial charge in [-0.3, -0.25) is 9.52 Å². The van der Waals surface area contributed by atoms with E-state index in [2.05, 4.69) is 10.0 Å². The molecule has 0 aliphatic heterocycles. The van der Waals surface area contributed by atoms with Gasteiger partial charge < -0.3 is 19.5 Å². The summed E-state index contributed by atoms with van der Waals surface area (Å²) in [6.07, 6.45) is 0. The van der Waals surface area contributed by atoms with E-state index in [0.717, 1.165) is 0 Å². The third-order valence-corrected chi connectivity index (χ3v) is 6.27. The van der Waals surface area contributed by atoms with Crippen molar-refractivity contribution in [3.05, 3.63) is 77.3 Å². The largest absolute Gasteiger partial charge is 0.494 e. The van der Waals surface area contributed by atoms with Crippen LogP contribution in [0.5, 0.6) is 11.5 Å². The number of ether oxygens (including phenoxy) is 3. The second-order valence-corrected chi connectivity index (χ2v) is 9.12. The van der Waals surface area contributed by atoms with Gasteiger partial charge in [0, 0.05) is 5.69 Å². The van der Waals surface area contributed by atoms with Gasteiger partial charge in [0.2, 0.25) is 0 Å². The van der Waals surface area contributed by atoms with E-state index in [1.165, 1.54) is 31.4 Å². The lowest BCUT2D eigenvalue weighted by atomic mass is 10.2. The van der Waals surface area contributed by atoms with Crippen LogP contribution in [0.3, 0.4) is 0 Å². The smallest absolute Gasteiger partial charge is 0.339 e. The number of hydrogen-bond acceptors (Lipinski definition) is 7. The first-order valence-electron chi connectivity index (χ1n) is 10.4. The highest BCUT2D eigenvalue weighted by Gasteiger charge is 2.18. The van der Waals surface area contributed by atoms with Crippen LogP contribution in [0.1, 0.15) is 17.3 Å². The predicted octanol–water partition coefficient (Wildman–Crippen LogP) is 4.34. The van der Waals surface area contributed by atoms with E-state index in [4.69, 9.17) is 25.8 Å². The molecule has 184 valence electrons. The Labute approximate surface area is 208 Å². The molecule has 0 radical (unpaired) electrons. The second-order valence-electron chi connectivity index (χ2n) is 7.03. The zero-order valence-corrected chi connectivity index (χ0v) is 20.5. The Morgan fingerprint density at radius 2 is 1.69 bits per heavy atom. The maximum atomic E-state index is 12.7. The van der Waals surface area contributed by atoms with Crippen molar-refractivity contribution in [3.8, 4) is 11.5 Å². The molecule has 0 fully saturated rings. The number of nitrogens with one attached hydrogen (secondary N) is 2. The van der Waals surface area contributed by atoms with Crippen LogP contribution >= 0.6 is 11.6 Å². The summed E-state index contributed by atoms with van der Waals surface area (Å²) in [4.78, 5) is 24.1. The fourth-order valence-electron chi connectivity index (χ4n) is 2.98. The van der Waals surface area contributed by atoms with E-state index in [9.17, 15) is 18.0 Å². The fourth-order valence-corrected chi connectivity index (χ4v) is 4.36. The number of amides is 1. The van der Waals surface area contributed by atoms with Gasteiger partial charge in [-0.25, -0.2) is 13.2 Å². The maximum Gasteiger partial charge on any atom is 0.339 e. The van der Waals surface area contributed by atoms with Crippen molar-refractivity contribution in [2.75, 3.05) is 30.4 Å². The van der Waals surface area contributed by atoms with Crippen LogP contribution in [0.2, 0.25) is 5.02 Å². The molecule has 0 unspecified atom stereocenters. The molecule has 1 amide bonds. The number of esters is 1. The molecule has 0 saturated carbocycles. The van der Waals surface area contributed by atoms with E-state index < -0.39 is 28.5 Å². The lowest BCUT2D eigenvalue weighted by molar-refractivity contribution is -0.118. The first-order chi connectivity index (χ1) is 16.7. The topological polar surface area (TPSA) is 120 Å². The molecule has 0 heterocycles. The number of methoxy groups -OCH3 is 1. The lowest BCUT2D eigenvalue weighted by Gasteiger charge is -2.13. The average Bonchev–Trinajstić information content (AvgIpc) is 2.84. The molecule has 0 aliphatic carbocycles. The Balaban J connectivity index is 1.64. The second kappa shape index (κ2) is 11.6. The predicted molar refractivity (Wildman–Crippen MR) is 132 cm³/mol. The van der Waals surface area contributed by atoms with Crippen LogP contribution in [-0.2, 0) is 19.6 Å². The van der Waals surface area contributed by atoms with Crippen LogP contribution in [0, 0.1) is 0 Å². The summed E-state index contributed by atoms with van der Waals surface area (Å²) in [6, 6.07) is 16.7. The van der Waals surface area contributed by atoms with Crippen molar-refractivity contribution in [3.63, 3.8) is 0 Å². The van der Waals surface area contributed by atoms with Crippen molar-refractivity contribution >= 4 is 44.9 Å². The SMILES string of the molecule is CCOc1ccc(NS(=O)(=O)c2ccc(OCC(=O)Nc3ccccc3C(=O)OC)c(Cl)c2)cc1. The molecule has 35 heavy (non-hydrogen) atoms. The van der Waals surface area contributed by atoms with Crippen LogP contribution in [-0.4, -0.2) is 40.6 Å². The van der Waals surface area contributed by atoms with E-state index >= 15 is 0 Å². The minimum Gasteiger partial charge on any atom is -0.494 e. The van der Waals surface area contributed by atoms with Gasteiger partial charge >= 0.3 is 5.97 Å². The summed E-state index contributed by atoms with van der Waals surface area (Å²) in [5, 5.41) is 2.57. The number of sulfonamides is 1. The van der Waals surface area contributed by atoms with Crippen LogP contribution < -0.4 is 19.5 Å². The van der Waals surface area contributed by atoms with Gasteiger partial charge in [-0.05, 0) is 61.5 Å². The van der Waals surface area contributed by atoms with Gasteiger partial charge in [0.1, 0.15) is 11.5 Å². The maximum absolute atomic E-state index is 12.7. The molecular weight excluding hydrogens is 496 g/mol. The molecule has 0 aromatic heterocycles. The highest BCUT2D eigenvalue weighted by molar-refractivity contribution is 7.92. The Bertz CT molecular complexity index is 1310. The third kappa shape index (κ3) is 6.87. The van der Waals surface area contributed by atoms with Gasteiger partial charge in [-0.2, -0.15) is 0 Å². The molecule has 0 atom stereocenters. The fraction of sp³-hybridized carbons (Fsp3) is 0.167. The summed E-state index contributed by atoms with van der Waals surface area (Å²) in [5.74, 6) is -0.410. The standard InChI is InChI=1S/C24H23ClN2O7S/c1-3-33-17-10-8-16(9-11-17)27-35(30,31)18-12-13-22(20(25)14-18)34-15-23(28)26-21-7-5-4-6-19(21)24(29)32-2/h4-14,27H,3,15H2,1-2H3,(H,26,28). The van der Waals surface area contributed by atoms with Gasteiger partial charge in [-0.15, -0.1) is 0 Å². The van der Waals surface area contributed by atoms with E-state index in [0.29, 0.717) is 18.0 Å². The van der Waals surface area contributed by atoms with Gasteiger partial charge in [0.25, 0.3) is 15.9 Å². The van der Waals surface area contributed by atoms with Crippen molar-refractivity contribution in [2.45, 2.75) is 11.8 Å². The van der Waals surface area contributed by atoms with Gasteiger partial charge in [-0.1, -0.05) is 23.7 Å². The summed E-state index contributed by atoms with van der Waals surface area (Å²) in [6.45, 7) is 1.93. The summed E-state index contributed by atoms with van der Waals surface area (Å²) in [7, 11) is -2.68. The Morgan fingerprint density at radius 1 is 0.971 bits per heavy atom. The molecular formula is C24H23ClN2O7S. The van der Waals surface area contributed by atoms with Crippen molar-refractivity contribution in [2.24, 2.45) is 0 Å². The number of benzene rings is 3. The first-order valence-corrected chi connectivity index (χ1v) is 12.2. The Kier molecular flexibility index (Phi) is 8.56. The number of hydrogen-bond donors (Lipinski definition) is 2. The molecule has 2 N–H and O–H groups in total. The number of halogens is 1. The minimum absolute atomic E-state index is 0.00216. The Morgan fingerprint density at radius 3 is 2.34 bits per heavy atom. The van der Waals surface area contributed by atoms with Crippen molar-refractivity contribution in [1.29, 1.82) is 0 Å². The quantitative estimate of drug-likeness (QED) is 0.383. The number of para-hydroxylation sites is 1. The zero-order chi connectivity index (χ0) is 25.4. The van der Waals surface area contributed by atoms with E-state index in [1.807, 2.05) is 6.92 Å². The highest BCUT2D eigenvalue weighted by atomic mass is 35.5. The van der Waals surface area contributed by atoms with Gasteiger partial charge in [0.05, 0.1) is 34.9 Å². The minimum atomic E-state index is -3.92. The third-order valence-electron chi connectivity index (χ3n) is 4.60. The summed E-state index contributed by atoms with van der Waals surface area (Å²) in [5.41, 5.74) is 0.811. The van der Waals surface area contributed by atoms with Crippen LogP contribution in [0.4, 0.5) is 11.4 Å². The van der Waals surface area contributed by atoms with Crippen LogP contribution in [0.25, 0.3) is 0 Å². The molecule has 0 saturated heterocycles. The molecule has 0 bridgehead atoms. The molecule has 0 aliphatic rings. The molecule has 9 nitrogen and oxygen atoms in total. The molecule has 11 heteroatoms.